The number of benzene rings is 1. The smallest absolute Gasteiger partial charge is 0.220 e. The second-order valence-electron chi connectivity index (χ2n) is 9.92. The van der Waals surface area contributed by atoms with Gasteiger partial charge < -0.3 is 19.9 Å². The van der Waals surface area contributed by atoms with Crippen LogP contribution in [0.2, 0.25) is 0 Å². The average molecular weight is 441 g/mol. The third-order valence-electron chi connectivity index (χ3n) is 7.05. The second kappa shape index (κ2) is 11.3. The molecule has 1 aromatic carbocycles. The van der Waals surface area contributed by atoms with Crippen LogP contribution in [0.5, 0.6) is 0 Å². The number of rotatable bonds is 9. The number of fused-ring (bicyclic) bond motifs is 1. The van der Waals surface area contributed by atoms with Gasteiger partial charge in [-0.05, 0) is 49.3 Å². The van der Waals surface area contributed by atoms with Crippen LogP contribution in [0.25, 0.3) is 10.9 Å². The number of ether oxygens (including phenoxy) is 1. The lowest BCUT2D eigenvalue weighted by molar-refractivity contribution is -0.121. The number of aromatic nitrogens is 1. The van der Waals surface area contributed by atoms with Crippen LogP contribution in [0.3, 0.4) is 0 Å². The SMILES string of the molecule is CC(C)CN1CC[C@@H](N2CCOCC2)[C@@H](CCC(=O)NCCc2c[nH]c3ccccc23)C1. The highest BCUT2D eigenvalue weighted by molar-refractivity contribution is 5.83. The average Bonchev–Trinajstić information content (AvgIpc) is 3.21. The van der Waals surface area contributed by atoms with E-state index in [0.717, 1.165) is 57.8 Å². The van der Waals surface area contributed by atoms with Gasteiger partial charge in [0.25, 0.3) is 0 Å². The molecule has 2 atom stereocenters. The van der Waals surface area contributed by atoms with E-state index in [9.17, 15) is 4.79 Å². The molecular weight excluding hydrogens is 400 g/mol. The Hall–Kier alpha value is -1.89. The van der Waals surface area contributed by atoms with Crippen LogP contribution in [0.1, 0.15) is 38.7 Å². The number of nitrogens with zero attached hydrogens (tertiary/aromatic N) is 2. The Balaban J connectivity index is 1.27. The Morgan fingerprint density at radius 3 is 2.84 bits per heavy atom. The Morgan fingerprint density at radius 1 is 1.22 bits per heavy atom. The molecule has 32 heavy (non-hydrogen) atoms. The van der Waals surface area contributed by atoms with Gasteiger partial charge >= 0.3 is 0 Å². The predicted molar refractivity (Wildman–Crippen MR) is 130 cm³/mol. The van der Waals surface area contributed by atoms with E-state index in [2.05, 4.69) is 58.3 Å². The van der Waals surface area contributed by atoms with E-state index in [1.807, 2.05) is 6.07 Å². The van der Waals surface area contributed by atoms with Crippen LogP contribution in [0, 0.1) is 11.8 Å². The van der Waals surface area contributed by atoms with Crippen LogP contribution >= 0.6 is 0 Å². The molecule has 6 nitrogen and oxygen atoms in total. The van der Waals surface area contributed by atoms with E-state index >= 15 is 0 Å². The minimum atomic E-state index is 0.187. The summed E-state index contributed by atoms with van der Waals surface area (Å²) in [4.78, 5) is 21.2. The molecule has 2 fully saturated rings. The maximum Gasteiger partial charge on any atom is 0.220 e. The van der Waals surface area contributed by atoms with E-state index in [4.69, 9.17) is 4.74 Å². The lowest BCUT2D eigenvalue weighted by Crippen LogP contribution is -2.54. The molecule has 6 heteroatoms. The molecular formula is C26H40N4O2. The first-order valence-electron chi connectivity index (χ1n) is 12.5. The van der Waals surface area contributed by atoms with Crippen molar-refractivity contribution in [3.63, 3.8) is 0 Å². The van der Waals surface area contributed by atoms with E-state index in [0.29, 0.717) is 30.8 Å². The summed E-state index contributed by atoms with van der Waals surface area (Å²) in [5.74, 6) is 1.43. The standard InChI is InChI=1S/C26H40N4O2/c1-20(2)18-29-12-10-25(30-13-15-32-16-14-30)22(19-29)7-8-26(31)27-11-9-21-17-28-24-6-4-3-5-23(21)24/h3-6,17,20,22,25,28H,7-16,18-19H2,1-2H3,(H,27,31)/t22-,25+/m0/s1. The monoisotopic (exact) mass is 440 g/mol. The van der Waals surface area contributed by atoms with Gasteiger partial charge in [-0.25, -0.2) is 0 Å². The molecule has 0 spiro atoms. The van der Waals surface area contributed by atoms with Gasteiger partial charge in [-0.1, -0.05) is 32.0 Å². The van der Waals surface area contributed by atoms with Gasteiger partial charge in [0.1, 0.15) is 0 Å². The van der Waals surface area contributed by atoms with E-state index < -0.39 is 0 Å². The van der Waals surface area contributed by atoms with Gasteiger partial charge in [0.2, 0.25) is 5.91 Å². The summed E-state index contributed by atoms with van der Waals surface area (Å²) >= 11 is 0. The van der Waals surface area contributed by atoms with Crippen molar-refractivity contribution in [1.82, 2.24) is 20.1 Å². The topological polar surface area (TPSA) is 60.6 Å². The van der Waals surface area contributed by atoms with Gasteiger partial charge in [0.15, 0.2) is 0 Å². The lowest BCUT2D eigenvalue weighted by atomic mass is 9.86. The summed E-state index contributed by atoms with van der Waals surface area (Å²) < 4.78 is 5.58. The first kappa shape index (κ1) is 23.3. The summed E-state index contributed by atoms with van der Waals surface area (Å²) in [6.45, 7) is 12.5. The van der Waals surface area contributed by atoms with Crippen molar-refractivity contribution in [2.45, 2.75) is 45.6 Å². The van der Waals surface area contributed by atoms with Gasteiger partial charge in [-0.15, -0.1) is 0 Å². The molecule has 2 N–H and O–H groups in total. The lowest BCUT2D eigenvalue weighted by Gasteiger charge is -2.45. The summed E-state index contributed by atoms with van der Waals surface area (Å²) in [6.07, 6.45) is 5.72. The molecule has 0 bridgehead atoms. The molecule has 1 aromatic heterocycles. The van der Waals surface area contributed by atoms with E-state index in [1.165, 1.54) is 23.9 Å². The number of piperidine rings is 1. The van der Waals surface area contributed by atoms with E-state index in [-0.39, 0.29) is 5.91 Å². The number of likely N-dealkylation sites (tertiary alicyclic amines) is 1. The van der Waals surface area contributed by atoms with Crippen molar-refractivity contribution in [1.29, 1.82) is 0 Å². The Morgan fingerprint density at radius 2 is 2.03 bits per heavy atom. The minimum absolute atomic E-state index is 0.187. The molecule has 2 saturated heterocycles. The number of amides is 1. The largest absolute Gasteiger partial charge is 0.379 e. The molecule has 0 saturated carbocycles. The third-order valence-corrected chi connectivity index (χ3v) is 7.05. The second-order valence-corrected chi connectivity index (χ2v) is 9.92. The minimum Gasteiger partial charge on any atom is -0.379 e. The van der Waals surface area contributed by atoms with Crippen LogP contribution in [-0.4, -0.2) is 79.2 Å². The fourth-order valence-corrected chi connectivity index (χ4v) is 5.53. The van der Waals surface area contributed by atoms with Crippen molar-refractivity contribution in [3.05, 3.63) is 36.0 Å². The molecule has 2 aliphatic heterocycles. The number of nitrogens with one attached hydrogen (secondary N) is 2. The first-order chi connectivity index (χ1) is 15.6. The molecule has 2 aromatic rings. The van der Waals surface area contributed by atoms with Gasteiger partial charge in [-0.3, -0.25) is 9.69 Å². The van der Waals surface area contributed by atoms with Gasteiger partial charge in [0.05, 0.1) is 13.2 Å². The third kappa shape index (κ3) is 6.12. The van der Waals surface area contributed by atoms with Gasteiger partial charge in [0, 0.05) is 62.3 Å². The number of hydrogen-bond acceptors (Lipinski definition) is 4. The molecule has 3 heterocycles. The summed E-state index contributed by atoms with van der Waals surface area (Å²) in [6, 6.07) is 8.93. The molecule has 1 amide bonds. The van der Waals surface area contributed by atoms with E-state index in [1.54, 1.807) is 0 Å². The van der Waals surface area contributed by atoms with Crippen LogP contribution in [0.4, 0.5) is 0 Å². The Labute approximate surface area is 192 Å². The van der Waals surface area contributed by atoms with Crippen LogP contribution in [0.15, 0.2) is 30.5 Å². The summed E-state index contributed by atoms with van der Waals surface area (Å²) in [5.41, 5.74) is 2.43. The van der Waals surface area contributed by atoms with Crippen LogP contribution < -0.4 is 5.32 Å². The van der Waals surface area contributed by atoms with Crippen molar-refractivity contribution in [2.75, 3.05) is 52.5 Å². The molecule has 4 rings (SSSR count). The maximum absolute atomic E-state index is 12.7. The fourth-order valence-electron chi connectivity index (χ4n) is 5.53. The normalized spacial score (nSPS) is 23.1. The number of para-hydroxylation sites is 1. The fraction of sp³-hybridized carbons (Fsp3) is 0.654. The molecule has 0 aliphatic carbocycles. The van der Waals surface area contributed by atoms with Crippen molar-refractivity contribution in [2.24, 2.45) is 11.8 Å². The maximum atomic E-state index is 12.7. The summed E-state index contributed by atoms with van der Waals surface area (Å²) in [7, 11) is 0. The van der Waals surface area contributed by atoms with Gasteiger partial charge in [-0.2, -0.15) is 0 Å². The molecule has 0 radical (unpaired) electrons. The number of aromatic amines is 1. The molecule has 176 valence electrons. The highest BCUT2D eigenvalue weighted by Crippen LogP contribution is 2.27. The number of carbonyl (C=O) groups is 1. The quantitative estimate of drug-likeness (QED) is 0.628. The molecule has 2 aliphatic rings. The molecule has 0 unspecified atom stereocenters. The Kier molecular flexibility index (Phi) is 8.22. The number of hydrogen-bond donors (Lipinski definition) is 2. The summed E-state index contributed by atoms with van der Waals surface area (Å²) in [5, 5.41) is 4.42. The number of H-pyrrole nitrogens is 1. The highest BCUT2D eigenvalue weighted by atomic mass is 16.5. The first-order valence-corrected chi connectivity index (χ1v) is 12.5. The van der Waals surface area contributed by atoms with Crippen molar-refractivity contribution in [3.8, 4) is 0 Å². The highest BCUT2D eigenvalue weighted by Gasteiger charge is 2.34. The Bertz CT molecular complexity index is 858. The predicted octanol–water partition coefficient (Wildman–Crippen LogP) is 3.29. The van der Waals surface area contributed by atoms with Crippen molar-refractivity contribution < 1.29 is 9.53 Å². The zero-order valence-corrected chi connectivity index (χ0v) is 19.8. The van der Waals surface area contributed by atoms with Crippen molar-refractivity contribution >= 4 is 16.8 Å². The number of carbonyl (C=O) groups excluding carboxylic acids is 1. The zero-order valence-electron chi connectivity index (χ0n) is 19.8. The number of morpholine rings is 1. The van der Waals surface area contributed by atoms with Crippen LogP contribution in [-0.2, 0) is 16.0 Å². The zero-order chi connectivity index (χ0) is 22.3.